The number of carbonyl (C=O) groups excluding carboxylic acids is 1. The number of amides is 1. The SMILES string of the molecule is COc1ccccc1-c1c[nH]cc1C(=O)Nc1cccc2c1CN(C1CC1)C2. The molecule has 5 nitrogen and oxygen atoms in total. The molecule has 1 amide bonds. The third kappa shape index (κ3) is 2.98. The quantitative estimate of drug-likeness (QED) is 0.696. The highest BCUT2D eigenvalue weighted by atomic mass is 16.5. The van der Waals surface area contributed by atoms with Crippen LogP contribution in [0.4, 0.5) is 5.69 Å². The first-order chi connectivity index (χ1) is 13.7. The average molecular weight is 373 g/mol. The van der Waals surface area contributed by atoms with Gasteiger partial charge in [0.1, 0.15) is 5.75 Å². The Kier molecular flexibility index (Phi) is 4.17. The number of methoxy groups -OCH3 is 1. The van der Waals surface area contributed by atoms with Crippen LogP contribution in [0.15, 0.2) is 54.9 Å². The highest BCUT2D eigenvalue weighted by Gasteiger charge is 2.34. The molecular formula is C23H23N3O2. The number of H-pyrrole nitrogens is 1. The van der Waals surface area contributed by atoms with E-state index in [1.807, 2.05) is 42.6 Å². The van der Waals surface area contributed by atoms with Crippen molar-refractivity contribution in [3.05, 3.63) is 71.5 Å². The molecule has 3 aromatic rings. The molecule has 1 fully saturated rings. The lowest BCUT2D eigenvalue weighted by Gasteiger charge is -2.14. The lowest BCUT2D eigenvalue weighted by Crippen LogP contribution is -2.19. The molecular weight excluding hydrogens is 350 g/mol. The molecule has 2 aliphatic rings. The van der Waals surface area contributed by atoms with Gasteiger partial charge in [-0.2, -0.15) is 0 Å². The van der Waals surface area contributed by atoms with Crippen molar-refractivity contribution in [2.45, 2.75) is 32.0 Å². The van der Waals surface area contributed by atoms with E-state index < -0.39 is 0 Å². The minimum atomic E-state index is -0.111. The number of hydrogen-bond donors (Lipinski definition) is 2. The van der Waals surface area contributed by atoms with Crippen molar-refractivity contribution < 1.29 is 9.53 Å². The van der Waals surface area contributed by atoms with Gasteiger partial charge in [-0.25, -0.2) is 0 Å². The summed E-state index contributed by atoms with van der Waals surface area (Å²) in [6.45, 7) is 1.91. The van der Waals surface area contributed by atoms with Gasteiger partial charge in [0.05, 0.1) is 12.7 Å². The van der Waals surface area contributed by atoms with E-state index in [1.165, 1.54) is 24.0 Å². The van der Waals surface area contributed by atoms with Crippen LogP contribution in [0.2, 0.25) is 0 Å². The normalized spacial score (nSPS) is 16.0. The number of aromatic amines is 1. The monoisotopic (exact) mass is 373 g/mol. The molecule has 2 aromatic carbocycles. The zero-order valence-corrected chi connectivity index (χ0v) is 15.9. The van der Waals surface area contributed by atoms with Gasteiger partial charge >= 0.3 is 0 Å². The van der Waals surface area contributed by atoms with Crippen molar-refractivity contribution in [3.63, 3.8) is 0 Å². The Hall–Kier alpha value is -3.05. The second-order valence-corrected chi connectivity index (χ2v) is 7.52. The van der Waals surface area contributed by atoms with Crippen molar-refractivity contribution in [3.8, 4) is 16.9 Å². The van der Waals surface area contributed by atoms with Gasteiger partial charge < -0.3 is 15.0 Å². The number of benzene rings is 2. The maximum atomic E-state index is 13.1. The summed E-state index contributed by atoms with van der Waals surface area (Å²) in [5.74, 6) is 0.636. The molecule has 142 valence electrons. The second-order valence-electron chi connectivity index (χ2n) is 7.52. The Balaban J connectivity index is 1.43. The van der Waals surface area contributed by atoms with Crippen LogP contribution in [-0.2, 0) is 13.1 Å². The van der Waals surface area contributed by atoms with Crippen LogP contribution in [0.3, 0.4) is 0 Å². The molecule has 1 aliphatic carbocycles. The summed E-state index contributed by atoms with van der Waals surface area (Å²) < 4.78 is 5.47. The Morgan fingerprint density at radius 3 is 2.75 bits per heavy atom. The molecule has 0 bridgehead atoms. The van der Waals surface area contributed by atoms with E-state index in [-0.39, 0.29) is 5.91 Å². The number of nitrogens with one attached hydrogen (secondary N) is 2. The molecule has 5 heteroatoms. The highest BCUT2D eigenvalue weighted by molar-refractivity contribution is 6.09. The Morgan fingerprint density at radius 2 is 1.93 bits per heavy atom. The summed E-state index contributed by atoms with van der Waals surface area (Å²) >= 11 is 0. The van der Waals surface area contributed by atoms with Crippen molar-refractivity contribution in [2.75, 3.05) is 12.4 Å². The Morgan fingerprint density at radius 1 is 1.07 bits per heavy atom. The maximum absolute atomic E-state index is 13.1. The third-order valence-corrected chi connectivity index (χ3v) is 5.71. The van der Waals surface area contributed by atoms with Crippen LogP contribution in [0.5, 0.6) is 5.75 Å². The van der Waals surface area contributed by atoms with Gasteiger partial charge in [-0.05, 0) is 36.1 Å². The molecule has 0 atom stereocenters. The van der Waals surface area contributed by atoms with Crippen LogP contribution < -0.4 is 10.1 Å². The number of rotatable bonds is 5. The summed E-state index contributed by atoms with van der Waals surface area (Å²) in [7, 11) is 1.64. The molecule has 1 aliphatic heterocycles. The standard InChI is InChI=1S/C23H23N3O2/c1-28-22-8-3-2-6-17(22)18-11-24-12-19(18)23(27)25-21-7-4-5-15-13-26(14-20(15)21)16-9-10-16/h2-8,11-12,16,24H,9-10,13-14H2,1H3,(H,25,27). The molecule has 0 spiro atoms. The first-order valence-electron chi connectivity index (χ1n) is 9.71. The van der Waals surface area contributed by atoms with E-state index in [4.69, 9.17) is 4.74 Å². The van der Waals surface area contributed by atoms with Crippen LogP contribution in [0.1, 0.15) is 34.3 Å². The zero-order valence-electron chi connectivity index (χ0n) is 15.9. The van der Waals surface area contributed by atoms with Gasteiger partial charge in [0.15, 0.2) is 0 Å². The summed E-state index contributed by atoms with van der Waals surface area (Å²) in [6, 6.07) is 14.7. The second kappa shape index (κ2) is 6.84. The number of ether oxygens (including phenoxy) is 1. The fourth-order valence-corrected chi connectivity index (χ4v) is 4.09. The number of hydrogen-bond acceptors (Lipinski definition) is 3. The lowest BCUT2D eigenvalue weighted by atomic mass is 10.0. The molecule has 0 radical (unpaired) electrons. The summed E-state index contributed by atoms with van der Waals surface area (Å²) in [6.07, 6.45) is 6.18. The number of para-hydroxylation sites is 1. The van der Waals surface area contributed by atoms with E-state index in [0.29, 0.717) is 5.56 Å². The van der Waals surface area contributed by atoms with Gasteiger partial charge in [0, 0.05) is 48.3 Å². The van der Waals surface area contributed by atoms with Crippen molar-refractivity contribution in [2.24, 2.45) is 0 Å². The fourth-order valence-electron chi connectivity index (χ4n) is 4.09. The summed E-state index contributed by atoms with van der Waals surface area (Å²) in [4.78, 5) is 18.7. The van der Waals surface area contributed by atoms with Gasteiger partial charge in [-0.1, -0.05) is 30.3 Å². The summed E-state index contributed by atoms with van der Waals surface area (Å²) in [5, 5.41) is 3.15. The predicted molar refractivity (Wildman–Crippen MR) is 109 cm³/mol. The van der Waals surface area contributed by atoms with E-state index in [1.54, 1.807) is 13.3 Å². The molecule has 2 heterocycles. The largest absolute Gasteiger partial charge is 0.496 e. The van der Waals surface area contributed by atoms with Crippen molar-refractivity contribution in [1.29, 1.82) is 0 Å². The van der Waals surface area contributed by atoms with Crippen molar-refractivity contribution in [1.82, 2.24) is 9.88 Å². The smallest absolute Gasteiger partial charge is 0.257 e. The van der Waals surface area contributed by atoms with Gasteiger partial charge in [-0.15, -0.1) is 0 Å². The van der Waals surface area contributed by atoms with Gasteiger partial charge in [-0.3, -0.25) is 9.69 Å². The number of carbonyl (C=O) groups is 1. The molecule has 28 heavy (non-hydrogen) atoms. The molecule has 1 aromatic heterocycles. The van der Waals surface area contributed by atoms with E-state index in [9.17, 15) is 4.79 Å². The topological polar surface area (TPSA) is 57.4 Å². The van der Waals surface area contributed by atoms with E-state index >= 15 is 0 Å². The highest BCUT2D eigenvalue weighted by Crippen LogP contribution is 2.38. The first kappa shape index (κ1) is 17.1. The van der Waals surface area contributed by atoms with Crippen LogP contribution in [0, 0.1) is 0 Å². The number of aromatic nitrogens is 1. The van der Waals surface area contributed by atoms with Crippen LogP contribution in [0.25, 0.3) is 11.1 Å². The minimum absolute atomic E-state index is 0.111. The zero-order chi connectivity index (χ0) is 19.1. The Labute approximate surface area is 164 Å². The van der Waals surface area contributed by atoms with Gasteiger partial charge in [0.25, 0.3) is 5.91 Å². The molecule has 0 unspecified atom stereocenters. The number of nitrogens with zero attached hydrogens (tertiary/aromatic N) is 1. The summed E-state index contributed by atoms with van der Waals surface area (Å²) in [5.41, 5.74) is 5.83. The molecule has 1 saturated carbocycles. The Bertz CT molecular complexity index is 1040. The number of fused-ring (bicyclic) bond motifs is 1. The third-order valence-electron chi connectivity index (χ3n) is 5.71. The van der Waals surface area contributed by atoms with Crippen molar-refractivity contribution >= 4 is 11.6 Å². The minimum Gasteiger partial charge on any atom is -0.496 e. The van der Waals surface area contributed by atoms with Crippen LogP contribution >= 0.6 is 0 Å². The average Bonchev–Trinajstić information content (AvgIpc) is 3.28. The van der Waals surface area contributed by atoms with Gasteiger partial charge in [0.2, 0.25) is 0 Å². The number of anilines is 1. The van der Waals surface area contributed by atoms with Crippen LogP contribution in [-0.4, -0.2) is 28.9 Å². The van der Waals surface area contributed by atoms with E-state index in [0.717, 1.165) is 41.7 Å². The first-order valence-corrected chi connectivity index (χ1v) is 9.71. The lowest BCUT2D eigenvalue weighted by molar-refractivity contribution is 0.102. The predicted octanol–water partition coefficient (Wildman–Crippen LogP) is 4.42. The van der Waals surface area contributed by atoms with E-state index in [2.05, 4.69) is 21.3 Å². The molecule has 2 N–H and O–H groups in total. The maximum Gasteiger partial charge on any atom is 0.257 e. The fraction of sp³-hybridized carbons (Fsp3) is 0.261. The molecule has 5 rings (SSSR count). The molecule has 0 saturated heterocycles.